The molecule has 0 radical (unpaired) electrons. The lowest BCUT2D eigenvalue weighted by molar-refractivity contribution is 0.482. The summed E-state index contributed by atoms with van der Waals surface area (Å²) in [4.78, 5) is 4.29. The van der Waals surface area contributed by atoms with Crippen LogP contribution in [0.25, 0.3) is 5.70 Å². The number of ether oxygens (including phenoxy) is 1. The van der Waals surface area contributed by atoms with Crippen LogP contribution in [-0.2, 0) is 6.42 Å². The number of imidazole rings is 1. The Morgan fingerprint density at radius 1 is 1.08 bits per heavy atom. The molecule has 3 rings (SSSR count). The van der Waals surface area contributed by atoms with Crippen molar-refractivity contribution < 1.29 is 4.74 Å². The van der Waals surface area contributed by atoms with Gasteiger partial charge in [0.15, 0.2) is 0 Å². The van der Waals surface area contributed by atoms with Crippen molar-refractivity contribution in [2.75, 3.05) is 0 Å². The van der Waals surface area contributed by atoms with Crippen molar-refractivity contribution in [1.82, 2.24) is 9.55 Å². The van der Waals surface area contributed by atoms with E-state index >= 15 is 0 Å². The van der Waals surface area contributed by atoms with Gasteiger partial charge in [0.1, 0.15) is 17.3 Å². The molecular formula is C20H19ClN2O. The zero-order valence-corrected chi connectivity index (χ0v) is 14.5. The lowest BCUT2D eigenvalue weighted by Gasteiger charge is -2.11. The van der Waals surface area contributed by atoms with Gasteiger partial charge in [-0.05, 0) is 55.8 Å². The highest BCUT2D eigenvalue weighted by Gasteiger charge is 2.05. The molecule has 24 heavy (non-hydrogen) atoms. The predicted octanol–water partition coefficient (Wildman–Crippen LogP) is 5.74. The van der Waals surface area contributed by atoms with Gasteiger partial charge >= 0.3 is 0 Å². The SMILES string of the molecule is CC=C(Cc1ccc(Oc2ccc(Cl)cc2)cc1)n1ccnc1C. The molecule has 0 amide bonds. The Labute approximate surface area is 147 Å². The molecule has 4 heteroatoms. The maximum Gasteiger partial charge on any atom is 0.127 e. The van der Waals surface area contributed by atoms with E-state index in [0.717, 1.165) is 23.7 Å². The second-order valence-electron chi connectivity index (χ2n) is 5.50. The van der Waals surface area contributed by atoms with E-state index in [4.69, 9.17) is 16.3 Å². The van der Waals surface area contributed by atoms with Crippen LogP contribution < -0.4 is 4.74 Å². The fraction of sp³-hybridized carbons (Fsp3) is 0.150. The van der Waals surface area contributed by atoms with E-state index in [1.807, 2.05) is 62.6 Å². The first-order valence-corrected chi connectivity index (χ1v) is 8.21. The summed E-state index contributed by atoms with van der Waals surface area (Å²) in [7, 11) is 0. The molecule has 0 saturated carbocycles. The van der Waals surface area contributed by atoms with Gasteiger partial charge in [-0.15, -0.1) is 0 Å². The van der Waals surface area contributed by atoms with E-state index < -0.39 is 0 Å². The van der Waals surface area contributed by atoms with E-state index in [1.54, 1.807) is 0 Å². The van der Waals surface area contributed by atoms with Gasteiger partial charge in [-0.25, -0.2) is 4.98 Å². The standard InChI is InChI=1S/C20H19ClN2O/c1-3-18(23-13-12-22-15(23)2)14-16-4-8-19(9-5-16)24-20-10-6-17(21)7-11-20/h3-13H,14H2,1-2H3. The first-order valence-electron chi connectivity index (χ1n) is 7.83. The first-order chi connectivity index (χ1) is 11.7. The van der Waals surface area contributed by atoms with Crippen molar-refractivity contribution in [2.45, 2.75) is 20.3 Å². The van der Waals surface area contributed by atoms with E-state index in [-0.39, 0.29) is 0 Å². The molecule has 0 spiro atoms. The minimum absolute atomic E-state index is 0.700. The van der Waals surface area contributed by atoms with Gasteiger partial charge in [-0.3, -0.25) is 0 Å². The van der Waals surface area contributed by atoms with Crippen molar-refractivity contribution in [3.05, 3.63) is 83.4 Å². The number of aromatic nitrogens is 2. The largest absolute Gasteiger partial charge is 0.457 e. The molecular weight excluding hydrogens is 320 g/mol. The predicted molar refractivity (Wildman–Crippen MR) is 98.6 cm³/mol. The highest BCUT2D eigenvalue weighted by molar-refractivity contribution is 6.30. The number of halogens is 1. The molecule has 3 aromatic rings. The summed E-state index contributed by atoms with van der Waals surface area (Å²) < 4.78 is 7.93. The smallest absolute Gasteiger partial charge is 0.127 e. The topological polar surface area (TPSA) is 27.1 Å². The summed E-state index contributed by atoms with van der Waals surface area (Å²) in [6.07, 6.45) is 6.77. The summed E-state index contributed by atoms with van der Waals surface area (Å²) in [5.74, 6) is 2.57. The lowest BCUT2D eigenvalue weighted by Crippen LogP contribution is -2.01. The number of rotatable bonds is 5. The van der Waals surface area contributed by atoms with E-state index in [0.29, 0.717) is 5.02 Å². The van der Waals surface area contributed by atoms with Gasteiger partial charge < -0.3 is 9.30 Å². The molecule has 0 aliphatic rings. The first kappa shape index (κ1) is 16.3. The molecule has 122 valence electrons. The quantitative estimate of drug-likeness (QED) is 0.593. The number of benzene rings is 2. The summed E-state index contributed by atoms with van der Waals surface area (Å²) >= 11 is 5.88. The Morgan fingerprint density at radius 3 is 2.25 bits per heavy atom. The van der Waals surface area contributed by atoms with E-state index in [1.165, 1.54) is 11.3 Å². The molecule has 1 aromatic heterocycles. The van der Waals surface area contributed by atoms with Crippen molar-refractivity contribution in [3.63, 3.8) is 0 Å². The molecule has 2 aromatic carbocycles. The van der Waals surface area contributed by atoms with Gasteiger partial charge in [-0.1, -0.05) is 29.8 Å². The van der Waals surface area contributed by atoms with Crippen LogP contribution in [0.5, 0.6) is 11.5 Å². The summed E-state index contributed by atoms with van der Waals surface area (Å²) in [6, 6.07) is 15.5. The molecule has 0 aliphatic carbocycles. The fourth-order valence-corrected chi connectivity index (χ4v) is 2.66. The molecule has 0 saturated heterocycles. The molecule has 3 nitrogen and oxygen atoms in total. The third-order valence-corrected chi connectivity index (χ3v) is 4.08. The number of nitrogens with zero attached hydrogens (tertiary/aromatic N) is 2. The Bertz CT molecular complexity index is 833. The zero-order chi connectivity index (χ0) is 16.9. The van der Waals surface area contributed by atoms with Crippen molar-refractivity contribution in [2.24, 2.45) is 0 Å². The van der Waals surface area contributed by atoms with Crippen molar-refractivity contribution >= 4 is 17.3 Å². The van der Waals surface area contributed by atoms with Crippen LogP contribution in [0, 0.1) is 6.92 Å². The Hall–Kier alpha value is -2.52. The maximum atomic E-state index is 5.88. The van der Waals surface area contributed by atoms with Gasteiger partial charge in [0, 0.05) is 29.5 Å². The Kier molecular flexibility index (Phi) is 5.02. The molecule has 0 atom stereocenters. The summed E-state index contributed by atoms with van der Waals surface area (Å²) in [6.45, 7) is 4.05. The van der Waals surface area contributed by atoms with Crippen LogP contribution in [-0.4, -0.2) is 9.55 Å². The van der Waals surface area contributed by atoms with Crippen LogP contribution in [0.2, 0.25) is 5.02 Å². The Morgan fingerprint density at radius 2 is 1.71 bits per heavy atom. The fourth-order valence-electron chi connectivity index (χ4n) is 2.53. The second-order valence-corrected chi connectivity index (χ2v) is 5.94. The number of hydrogen-bond acceptors (Lipinski definition) is 2. The van der Waals surface area contributed by atoms with Gasteiger partial charge in [0.2, 0.25) is 0 Å². The number of allylic oxidation sites excluding steroid dienone is 2. The van der Waals surface area contributed by atoms with Crippen LogP contribution in [0.4, 0.5) is 0 Å². The summed E-state index contributed by atoms with van der Waals surface area (Å²) in [5, 5.41) is 0.700. The van der Waals surface area contributed by atoms with Crippen LogP contribution in [0.3, 0.4) is 0 Å². The highest BCUT2D eigenvalue weighted by Crippen LogP contribution is 2.24. The Balaban J connectivity index is 1.70. The van der Waals surface area contributed by atoms with Crippen LogP contribution in [0.15, 0.2) is 67.0 Å². The molecule has 0 fully saturated rings. The van der Waals surface area contributed by atoms with Gasteiger partial charge in [-0.2, -0.15) is 0 Å². The molecule has 1 heterocycles. The minimum atomic E-state index is 0.700. The van der Waals surface area contributed by atoms with E-state index in [2.05, 4.69) is 27.8 Å². The normalized spacial score (nSPS) is 11.5. The van der Waals surface area contributed by atoms with Crippen molar-refractivity contribution in [3.8, 4) is 11.5 Å². The average molecular weight is 339 g/mol. The van der Waals surface area contributed by atoms with Crippen LogP contribution >= 0.6 is 11.6 Å². The lowest BCUT2D eigenvalue weighted by atomic mass is 10.1. The third kappa shape index (κ3) is 3.87. The van der Waals surface area contributed by atoms with Gasteiger partial charge in [0.25, 0.3) is 0 Å². The monoisotopic (exact) mass is 338 g/mol. The molecule has 0 bridgehead atoms. The molecule has 0 aliphatic heterocycles. The van der Waals surface area contributed by atoms with Crippen LogP contribution in [0.1, 0.15) is 18.3 Å². The minimum Gasteiger partial charge on any atom is -0.457 e. The van der Waals surface area contributed by atoms with Gasteiger partial charge in [0.05, 0.1) is 0 Å². The number of aryl methyl sites for hydroxylation is 1. The third-order valence-electron chi connectivity index (χ3n) is 3.83. The molecule has 0 unspecified atom stereocenters. The average Bonchev–Trinajstić information content (AvgIpc) is 3.02. The second kappa shape index (κ2) is 7.37. The highest BCUT2D eigenvalue weighted by atomic mass is 35.5. The molecule has 0 N–H and O–H groups in total. The maximum absolute atomic E-state index is 5.88. The number of hydrogen-bond donors (Lipinski definition) is 0. The van der Waals surface area contributed by atoms with E-state index in [9.17, 15) is 0 Å². The van der Waals surface area contributed by atoms with Crippen molar-refractivity contribution in [1.29, 1.82) is 0 Å². The summed E-state index contributed by atoms with van der Waals surface area (Å²) in [5.41, 5.74) is 2.43. The zero-order valence-electron chi connectivity index (χ0n) is 13.7.